The number of carboxylic acids is 1. The Kier molecular flexibility index (Phi) is 6.77. The highest BCUT2D eigenvalue weighted by atomic mass is 16.4. The zero-order valence-corrected chi connectivity index (χ0v) is 15.7. The number of anilines is 1. The van der Waals surface area contributed by atoms with E-state index in [1.54, 1.807) is 11.8 Å². The van der Waals surface area contributed by atoms with Crippen LogP contribution in [0.5, 0.6) is 0 Å². The van der Waals surface area contributed by atoms with Crippen LogP contribution < -0.4 is 5.32 Å². The normalized spacial score (nSPS) is 19.8. The molecule has 0 aromatic heterocycles. The van der Waals surface area contributed by atoms with Gasteiger partial charge in [-0.2, -0.15) is 0 Å². The number of benzene rings is 1. The fraction of sp³-hybridized carbons (Fsp3) is 0.550. The Labute approximate surface area is 154 Å². The van der Waals surface area contributed by atoms with Gasteiger partial charge in [-0.1, -0.05) is 18.6 Å². The first-order chi connectivity index (χ1) is 12.3. The van der Waals surface area contributed by atoms with Crippen molar-refractivity contribution in [3.8, 4) is 0 Å². The van der Waals surface area contributed by atoms with Gasteiger partial charge in [0.25, 0.3) is 0 Å². The van der Waals surface area contributed by atoms with Gasteiger partial charge in [0.2, 0.25) is 11.8 Å². The molecule has 142 valence electrons. The van der Waals surface area contributed by atoms with Gasteiger partial charge in [-0.15, -0.1) is 0 Å². The second kappa shape index (κ2) is 8.83. The minimum Gasteiger partial charge on any atom is -0.481 e. The van der Waals surface area contributed by atoms with E-state index in [0.717, 1.165) is 18.4 Å². The summed E-state index contributed by atoms with van der Waals surface area (Å²) in [5, 5.41) is 12.0. The molecule has 0 aliphatic heterocycles. The van der Waals surface area contributed by atoms with Crippen LogP contribution in [0.2, 0.25) is 0 Å². The molecule has 1 aliphatic rings. The molecule has 0 saturated heterocycles. The molecule has 0 spiro atoms. The molecule has 6 heteroatoms. The summed E-state index contributed by atoms with van der Waals surface area (Å²) in [6.07, 6.45) is 2.55. The Morgan fingerprint density at radius 3 is 2.31 bits per heavy atom. The van der Waals surface area contributed by atoms with Crippen molar-refractivity contribution >= 4 is 23.5 Å². The van der Waals surface area contributed by atoms with Crippen molar-refractivity contribution in [3.63, 3.8) is 0 Å². The summed E-state index contributed by atoms with van der Waals surface area (Å²) in [5.74, 6) is -1.57. The lowest BCUT2D eigenvalue weighted by molar-refractivity contribution is -0.143. The molecule has 1 aromatic rings. The van der Waals surface area contributed by atoms with E-state index in [9.17, 15) is 14.4 Å². The fourth-order valence-electron chi connectivity index (χ4n) is 3.44. The number of amides is 2. The Hall–Kier alpha value is -2.37. The van der Waals surface area contributed by atoms with Crippen LogP contribution >= 0.6 is 0 Å². The molecule has 2 rings (SSSR count). The van der Waals surface area contributed by atoms with Crippen LogP contribution in [0.1, 0.15) is 52.0 Å². The summed E-state index contributed by atoms with van der Waals surface area (Å²) >= 11 is 0. The largest absolute Gasteiger partial charge is 0.481 e. The Morgan fingerprint density at radius 2 is 1.77 bits per heavy atom. The number of nitrogens with one attached hydrogen (secondary N) is 1. The monoisotopic (exact) mass is 360 g/mol. The summed E-state index contributed by atoms with van der Waals surface area (Å²) in [5.41, 5.74) is 1.69. The first-order valence-corrected chi connectivity index (χ1v) is 9.17. The van der Waals surface area contributed by atoms with E-state index >= 15 is 0 Å². The number of carbonyl (C=O) groups is 3. The molecule has 2 amide bonds. The zero-order chi connectivity index (χ0) is 19.3. The van der Waals surface area contributed by atoms with Gasteiger partial charge >= 0.3 is 5.97 Å². The van der Waals surface area contributed by atoms with Crippen molar-refractivity contribution < 1.29 is 19.5 Å². The molecule has 1 aliphatic carbocycles. The minimum atomic E-state index is -0.813. The van der Waals surface area contributed by atoms with Gasteiger partial charge in [0, 0.05) is 31.1 Å². The summed E-state index contributed by atoms with van der Waals surface area (Å²) in [6, 6.07) is 7.57. The van der Waals surface area contributed by atoms with Crippen molar-refractivity contribution in [2.24, 2.45) is 11.8 Å². The molecule has 1 aromatic carbocycles. The Bertz CT molecular complexity index is 654. The van der Waals surface area contributed by atoms with Crippen molar-refractivity contribution in [3.05, 3.63) is 29.8 Å². The number of aliphatic carboxylic acids is 1. The van der Waals surface area contributed by atoms with E-state index in [0.29, 0.717) is 25.1 Å². The van der Waals surface area contributed by atoms with E-state index < -0.39 is 11.9 Å². The highest BCUT2D eigenvalue weighted by Crippen LogP contribution is 2.30. The third-order valence-electron chi connectivity index (χ3n) is 5.00. The van der Waals surface area contributed by atoms with Crippen molar-refractivity contribution in [1.29, 1.82) is 0 Å². The van der Waals surface area contributed by atoms with Gasteiger partial charge in [0.15, 0.2) is 0 Å². The second-order valence-corrected chi connectivity index (χ2v) is 7.33. The highest BCUT2D eigenvalue weighted by Gasteiger charge is 2.31. The zero-order valence-electron chi connectivity index (χ0n) is 15.7. The van der Waals surface area contributed by atoms with Gasteiger partial charge in [-0.05, 0) is 50.8 Å². The summed E-state index contributed by atoms with van der Waals surface area (Å²) in [7, 11) is 0. The molecule has 1 saturated carbocycles. The first-order valence-electron chi connectivity index (χ1n) is 9.17. The maximum Gasteiger partial charge on any atom is 0.306 e. The van der Waals surface area contributed by atoms with Crippen LogP contribution in [0, 0.1) is 11.8 Å². The third kappa shape index (κ3) is 5.31. The van der Waals surface area contributed by atoms with Crippen molar-refractivity contribution in [2.45, 2.75) is 59.0 Å². The van der Waals surface area contributed by atoms with Crippen LogP contribution in [-0.4, -0.2) is 33.8 Å². The molecular weight excluding hydrogens is 332 g/mol. The van der Waals surface area contributed by atoms with Crippen molar-refractivity contribution in [2.75, 3.05) is 5.32 Å². The predicted octanol–water partition coefficient (Wildman–Crippen LogP) is 3.27. The molecule has 0 radical (unpaired) electrons. The first kappa shape index (κ1) is 19.9. The van der Waals surface area contributed by atoms with Crippen LogP contribution in [0.15, 0.2) is 24.3 Å². The molecule has 2 atom stereocenters. The highest BCUT2D eigenvalue weighted by molar-refractivity contribution is 5.93. The predicted molar refractivity (Wildman–Crippen MR) is 99.5 cm³/mol. The summed E-state index contributed by atoms with van der Waals surface area (Å²) in [6.45, 7) is 6.04. The lowest BCUT2D eigenvalue weighted by Gasteiger charge is -2.26. The average molecular weight is 360 g/mol. The van der Waals surface area contributed by atoms with E-state index in [4.69, 9.17) is 5.11 Å². The maximum absolute atomic E-state index is 12.4. The number of hydrogen-bond donors (Lipinski definition) is 2. The van der Waals surface area contributed by atoms with Gasteiger partial charge in [0.05, 0.1) is 5.92 Å². The maximum atomic E-state index is 12.4. The van der Waals surface area contributed by atoms with E-state index in [-0.39, 0.29) is 23.8 Å². The average Bonchev–Trinajstić information content (AvgIpc) is 2.60. The molecule has 6 nitrogen and oxygen atoms in total. The van der Waals surface area contributed by atoms with Gasteiger partial charge < -0.3 is 15.3 Å². The van der Waals surface area contributed by atoms with Gasteiger partial charge in [-0.25, -0.2) is 0 Å². The lowest BCUT2D eigenvalue weighted by Crippen LogP contribution is -2.34. The topological polar surface area (TPSA) is 86.7 Å². The summed E-state index contributed by atoms with van der Waals surface area (Å²) in [4.78, 5) is 37.0. The van der Waals surface area contributed by atoms with Crippen LogP contribution in [0.25, 0.3) is 0 Å². The SMILES string of the molecule is CC(=O)N(Cc1ccc(NC(=O)C2CCCC(C(=O)O)C2)cc1)C(C)C. The number of rotatable bonds is 6. The van der Waals surface area contributed by atoms with E-state index in [1.165, 1.54) is 0 Å². The smallest absolute Gasteiger partial charge is 0.306 e. The Balaban J connectivity index is 1.95. The molecule has 26 heavy (non-hydrogen) atoms. The number of carboxylic acid groups (broad SMARTS) is 1. The minimum absolute atomic E-state index is 0.0302. The molecule has 1 fully saturated rings. The Morgan fingerprint density at radius 1 is 1.15 bits per heavy atom. The molecular formula is C20H28N2O4. The number of carbonyl (C=O) groups excluding carboxylic acids is 2. The number of hydrogen-bond acceptors (Lipinski definition) is 3. The molecule has 0 heterocycles. The third-order valence-corrected chi connectivity index (χ3v) is 5.00. The standard InChI is InChI=1S/C20H28N2O4/c1-13(2)22(14(3)23)12-15-7-9-18(10-8-15)21-19(24)16-5-4-6-17(11-16)20(25)26/h7-10,13,16-17H,4-6,11-12H2,1-3H3,(H,21,24)(H,25,26). The van der Waals surface area contributed by atoms with Crippen LogP contribution in [0.4, 0.5) is 5.69 Å². The molecule has 0 bridgehead atoms. The molecule has 2 N–H and O–H groups in total. The van der Waals surface area contributed by atoms with Gasteiger partial charge in [-0.3, -0.25) is 14.4 Å². The lowest BCUT2D eigenvalue weighted by atomic mass is 9.81. The second-order valence-electron chi connectivity index (χ2n) is 7.33. The quantitative estimate of drug-likeness (QED) is 0.815. The van der Waals surface area contributed by atoms with Crippen LogP contribution in [0.3, 0.4) is 0 Å². The van der Waals surface area contributed by atoms with Crippen molar-refractivity contribution in [1.82, 2.24) is 4.90 Å². The number of nitrogens with zero attached hydrogens (tertiary/aromatic N) is 1. The van der Waals surface area contributed by atoms with Gasteiger partial charge in [0.1, 0.15) is 0 Å². The van der Waals surface area contributed by atoms with E-state index in [2.05, 4.69) is 5.32 Å². The fourth-order valence-corrected chi connectivity index (χ4v) is 3.44. The van der Waals surface area contributed by atoms with Crippen LogP contribution in [-0.2, 0) is 20.9 Å². The van der Waals surface area contributed by atoms with E-state index in [1.807, 2.05) is 38.1 Å². The molecule has 2 unspecified atom stereocenters. The summed E-state index contributed by atoms with van der Waals surface area (Å²) < 4.78 is 0.